The minimum Gasteiger partial charge on any atom is -0.507 e. The van der Waals surface area contributed by atoms with Crippen LogP contribution in [0, 0.1) is 0 Å². The number of phenolic OH excluding ortho intramolecular Hbond substituents is 1. The number of carbonyl (C=O) groups is 1. The number of hydrogen-bond donors (Lipinski definition) is 2. The second kappa shape index (κ2) is 6.80. The van der Waals surface area contributed by atoms with E-state index in [1.165, 1.54) is 13.2 Å². The molecule has 0 aromatic heterocycles. The standard InChI is InChI=1S/C16H24N2O3/c1-3-18(12-6-4-11(17)5-7-12)16(20)14-9-8-13(21-2)10-15(14)19/h8-12,19H,3-7,17H2,1-2H3. The summed E-state index contributed by atoms with van der Waals surface area (Å²) in [6.07, 6.45) is 3.75. The fourth-order valence-electron chi connectivity index (χ4n) is 2.95. The molecule has 1 fully saturated rings. The van der Waals surface area contributed by atoms with E-state index in [2.05, 4.69) is 0 Å². The Labute approximate surface area is 125 Å². The van der Waals surface area contributed by atoms with E-state index < -0.39 is 0 Å². The van der Waals surface area contributed by atoms with Crippen LogP contribution in [-0.2, 0) is 0 Å². The van der Waals surface area contributed by atoms with Crippen LogP contribution in [0.4, 0.5) is 0 Å². The molecular weight excluding hydrogens is 268 g/mol. The molecule has 1 aliphatic rings. The Kier molecular flexibility index (Phi) is 5.07. The van der Waals surface area contributed by atoms with Crippen molar-refractivity contribution >= 4 is 5.91 Å². The molecule has 3 N–H and O–H groups in total. The molecule has 0 radical (unpaired) electrons. The van der Waals surface area contributed by atoms with Crippen LogP contribution in [0.3, 0.4) is 0 Å². The highest BCUT2D eigenvalue weighted by atomic mass is 16.5. The lowest BCUT2D eigenvalue weighted by atomic mass is 9.90. The largest absolute Gasteiger partial charge is 0.507 e. The van der Waals surface area contributed by atoms with Crippen LogP contribution >= 0.6 is 0 Å². The van der Waals surface area contributed by atoms with E-state index >= 15 is 0 Å². The Bertz CT molecular complexity index is 496. The molecule has 0 spiro atoms. The normalized spacial score (nSPS) is 21.9. The van der Waals surface area contributed by atoms with Crippen molar-refractivity contribution in [3.8, 4) is 11.5 Å². The second-order valence-electron chi connectivity index (χ2n) is 5.54. The minimum absolute atomic E-state index is 0.0367. The van der Waals surface area contributed by atoms with Crippen molar-refractivity contribution in [1.82, 2.24) is 4.90 Å². The number of ether oxygens (including phenoxy) is 1. The number of hydrogen-bond acceptors (Lipinski definition) is 4. The summed E-state index contributed by atoms with van der Waals surface area (Å²) in [4.78, 5) is 14.5. The SMILES string of the molecule is CCN(C(=O)c1ccc(OC)cc1O)C1CCC(N)CC1. The maximum Gasteiger partial charge on any atom is 0.257 e. The van der Waals surface area contributed by atoms with E-state index in [0.717, 1.165) is 25.7 Å². The lowest BCUT2D eigenvalue weighted by molar-refractivity contribution is 0.0637. The molecule has 0 atom stereocenters. The van der Waals surface area contributed by atoms with Gasteiger partial charge in [-0.25, -0.2) is 0 Å². The van der Waals surface area contributed by atoms with Crippen molar-refractivity contribution in [3.63, 3.8) is 0 Å². The van der Waals surface area contributed by atoms with Gasteiger partial charge in [0.25, 0.3) is 5.91 Å². The molecule has 116 valence electrons. The van der Waals surface area contributed by atoms with Crippen molar-refractivity contribution in [2.24, 2.45) is 5.73 Å². The van der Waals surface area contributed by atoms with Crippen molar-refractivity contribution < 1.29 is 14.6 Å². The van der Waals surface area contributed by atoms with Gasteiger partial charge in [-0.05, 0) is 44.7 Å². The second-order valence-corrected chi connectivity index (χ2v) is 5.54. The number of methoxy groups -OCH3 is 1. The van der Waals surface area contributed by atoms with Crippen LogP contribution in [-0.4, -0.2) is 41.7 Å². The Morgan fingerprint density at radius 2 is 2.05 bits per heavy atom. The molecule has 0 unspecified atom stereocenters. The summed E-state index contributed by atoms with van der Waals surface area (Å²) in [5.74, 6) is 0.374. The van der Waals surface area contributed by atoms with Gasteiger partial charge in [0.15, 0.2) is 0 Å². The number of nitrogens with zero attached hydrogens (tertiary/aromatic N) is 1. The van der Waals surface area contributed by atoms with Crippen LogP contribution < -0.4 is 10.5 Å². The van der Waals surface area contributed by atoms with Crippen LogP contribution in [0.25, 0.3) is 0 Å². The van der Waals surface area contributed by atoms with E-state index in [0.29, 0.717) is 17.9 Å². The number of nitrogens with two attached hydrogens (primary N) is 1. The lowest BCUT2D eigenvalue weighted by Crippen LogP contribution is -2.44. The quantitative estimate of drug-likeness (QED) is 0.891. The van der Waals surface area contributed by atoms with Crippen LogP contribution in [0.2, 0.25) is 0 Å². The van der Waals surface area contributed by atoms with E-state index in [-0.39, 0.29) is 23.7 Å². The molecule has 0 aliphatic heterocycles. The Morgan fingerprint density at radius 3 is 2.57 bits per heavy atom. The van der Waals surface area contributed by atoms with Crippen LogP contribution in [0.1, 0.15) is 43.0 Å². The van der Waals surface area contributed by atoms with Gasteiger partial charge in [-0.1, -0.05) is 0 Å². The number of amides is 1. The van der Waals surface area contributed by atoms with E-state index in [1.54, 1.807) is 12.1 Å². The van der Waals surface area contributed by atoms with Crippen molar-refractivity contribution in [2.75, 3.05) is 13.7 Å². The van der Waals surface area contributed by atoms with Gasteiger partial charge >= 0.3 is 0 Å². The Morgan fingerprint density at radius 1 is 1.38 bits per heavy atom. The molecule has 1 saturated carbocycles. The van der Waals surface area contributed by atoms with Crippen LogP contribution in [0.5, 0.6) is 11.5 Å². The highest BCUT2D eigenvalue weighted by Crippen LogP contribution is 2.28. The van der Waals surface area contributed by atoms with Gasteiger partial charge in [0, 0.05) is 24.7 Å². The summed E-state index contributed by atoms with van der Waals surface area (Å²) in [7, 11) is 1.53. The van der Waals surface area contributed by atoms with Crippen molar-refractivity contribution in [3.05, 3.63) is 23.8 Å². The van der Waals surface area contributed by atoms with Gasteiger partial charge in [-0.2, -0.15) is 0 Å². The monoisotopic (exact) mass is 292 g/mol. The smallest absolute Gasteiger partial charge is 0.257 e. The molecule has 1 amide bonds. The molecule has 0 bridgehead atoms. The van der Waals surface area contributed by atoms with Gasteiger partial charge in [-0.3, -0.25) is 4.79 Å². The highest BCUT2D eigenvalue weighted by Gasteiger charge is 2.28. The molecule has 0 saturated heterocycles. The highest BCUT2D eigenvalue weighted by molar-refractivity contribution is 5.97. The Hall–Kier alpha value is -1.75. The molecule has 1 aromatic carbocycles. The summed E-state index contributed by atoms with van der Waals surface area (Å²) < 4.78 is 5.05. The van der Waals surface area contributed by atoms with Gasteiger partial charge in [0.1, 0.15) is 11.5 Å². The molecule has 1 aliphatic carbocycles. The summed E-state index contributed by atoms with van der Waals surface area (Å²) in [6.45, 7) is 2.59. The fourth-order valence-corrected chi connectivity index (χ4v) is 2.95. The third-order valence-electron chi connectivity index (χ3n) is 4.22. The summed E-state index contributed by atoms with van der Waals surface area (Å²) in [6, 6.07) is 5.25. The average molecular weight is 292 g/mol. The number of rotatable bonds is 4. The van der Waals surface area contributed by atoms with E-state index in [9.17, 15) is 9.90 Å². The maximum atomic E-state index is 12.7. The lowest BCUT2D eigenvalue weighted by Gasteiger charge is -2.35. The number of benzene rings is 1. The van der Waals surface area contributed by atoms with Gasteiger partial charge in [0.2, 0.25) is 0 Å². The molecule has 5 nitrogen and oxygen atoms in total. The molecule has 5 heteroatoms. The minimum atomic E-state index is -0.127. The van der Waals surface area contributed by atoms with E-state index in [1.807, 2.05) is 11.8 Å². The fraction of sp³-hybridized carbons (Fsp3) is 0.562. The molecular formula is C16H24N2O3. The number of carbonyl (C=O) groups excluding carboxylic acids is 1. The first-order chi connectivity index (χ1) is 10.1. The number of aromatic hydroxyl groups is 1. The molecule has 21 heavy (non-hydrogen) atoms. The van der Waals surface area contributed by atoms with Gasteiger partial charge < -0.3 is 20.5 Å². The maximum absolute atomic E-state index is 12.7. The zero-order valence-electron chi connectivity index (χ0n) is 12.7. The van der Waals surface area contributed by atoms with Crippen molar-refractivity contribution in [2.45, 2.75) is 44.7 Å². The topological polar surface area (TPSA) is 75.8 Å². The third-order valence-corrected chi connectivity index (χ3v) is 4.22. The first kappa shape index (κ1) is 15.6. The zero-order chi connectivity index (χ0) is 15.4. The summed E-state index contributed by atoms with van der Waals surface area (Å²) in [5, 5.41) is 10.0. The van der Waals surface area contributed by atoms with Gasteiger partial charge in [0.05, 0.1) is 12.7 Å². The first-order valence-electron chi connectivity index (χ1n) is 7.50. The van der Waals surface area contributed by atoms with E-state index in [4.69, 9.17) is 10.5 Å². The third kappa shape index (κ3) is 3.47. The molecule has 0 heterocycles. The zero-order valence-corrected chi connectivity index (χ0v) is 12.7. The van der Waals surface area contributed by atoms with Crippen molar-refractivity contribution in [1.29, 1.82) is 0 Å². The molecule has 1 aromatic rings. The number of phenols is 1. The molecule has 2 rings (SSSR count). The predicted octanol–water partition coefficient (Wildman–Crippen LogP) is 2.13. The summed E-state index contributed by atoms with van der Waals surface area (Å²) in [5.41, 5.74) is 6.25. The Balaban J connectivity index is 2.16. The van der Waals surface area contributed by atoms with Crippen LogP contribution in [0.15, 0.2) is 18.2 Å². The van der Waals surface area contributed by atoms with Gasteiger partial charge in [-0.15, -0.1) is 0 Å². The summed E-state index contributed by atoms with van der Waals surface area (Å²) >= 11 is 0. The predicted molar refractivity (Wildman–Crippen MR) is 81.6 cm³/mol. The average Bonchev–Trinajstić information content (AvgIpc) is 2.49. The first-order valence-corrected chi connectivity index (χ1v) is 7.50.